The van der Waals surface area contributed by atoms with Crippen LogP contribution in [0.2, 0.25) is 0 Å². The third kappa shape index (κ3) is 3.57. The highest BCUT2D eigenvalue weighted by Gasteiger charge is 2.10. The minimum atomic E-state index is -0.958. The number of benzene rings is 1. The molecule has 0 unspecified atom stereocenters. The summed E-state index contributed by atoms with van der Waals surface area (Å²) in [4.78, 5) is 16.0. The summed E-state index contributed by atoms with van der Waals surface area (Å²) in [7, 11) is 0. The molecule has 0 saturated heterocycles. The first kappa shape index (κ1) is 14.1. The van der Waals surface area contributed by atoms with Gasteiger partial charge in [0.2, 0.25) is 5.89 Å². The minimum Gasteiger partial charge on any atom is -0.478 e. The predicted octanol–water partition coefficient (Wildman–Crippen LogP) is 3.39. The minimum absolute atomic E-state index is 0.241. The van der Waals surface area contributed by atoms with E-state index in [1.165, 1.54) is 11.8 Å². The molecular weight excluding hydrogens is 332 g/mol. The highest BCUT2D eigenvalue weighted by Crippen LogP contribution is 2.27. The lowest BCUT2D eigenvalue weighted by atomic mass is 10.2. The molecule has 0 aliphatic carbocycles. The van der Waals surface area contributed by atoms with Crippen molar-refractivity contribution < 1.29 is 14.4 Å². The van der Waals surface area contributed by atoms with Crippen molar-refractivity contribution in [2.24, 2.45) is 0 Å². The fourth-order valence-electron chi connectivity index (χ4n) is 1.40. The second-order valence-electron chi connectivity index (χ2n) is 3.69. The lowest BCUT2D eigenvalue weighted by molar-refractivity contribution is 0.0695. The Labute approximate surface area is 122 Å². The number of aromatic carboxylic acids is 1. The van der Waals surface area contributed by atoms with Crippen molar-refractivity contribution in [1.29, 1.82) is 0 Å². The largest absolute Gasteiger partial charge is 0.478 e. The van der Waals surface area contributed by atoms with Crippen LogP contribution in [0.4, 0.5) is 0 Å². The Morgan fingerprint density at radius 3 is 2.95 bits per heavy atom. The standard InChI is InChI=1S/C12H11BrN2O3S/c1-2-10-14-11(18-15-10)6-19-7-3-4-9(13)8(5-7)12(16)17/h3-5H,2,6H2,1H3,(H,16,17). The number of carboxylic acids is 1. The third-order valence-corrected chi connectivity index (χ3v) is 4.03. The number of carbonyl (C=O) groups is 1. The first-order chi connectivity index (χ1) is 9.10. The number of nitrogens with zero attached hydrogens (tertiary/aromatic N) is 2. The van der Waals surface area contributed by atoms with Crippen molar-refractivity contribution in [3.05, 3.63) is 40.0 Å². The van der Waals surface area contributed by atoms with Gasteiger partial charge >= 0.3 is 5.97 Å². The molecule has 19 heavy (non-hydrogen) atoms. The summed E-state index contributed by atoms with van der Waals surface area (Å²) >= 11 is 4.67. The van der Waals surface area contributed by atoms with Gasteiger partial charge in [-0.05, 0) is 34.1 Å². The molecule has 2 aromatic rings. The van der Waals surface area contributed by atoms with E-state index in [4.69, 9.17) is 9.63 Å². The average molecular weight is 343 g/mol. The zero-order valence-corrected chi connectivity index (χ0v) is 12.5. The van der Waals surface area contributed by atoms with Gasteiger partial charge in [0.15, 0.2) is 5.82 Å². The van der Waals surface area contributed by atoms with E-state index in [-0.39, 0.29) is 5.56 Å². The molecule has 5 nitrogen and oxygen atoms in total. The quantitative estimate of drug-likeness (QED) is 0.839. The van der Waals surface area contributed by atoms with Crippen molar-refractivity contribution in [1.82, 2.24) is 10.1 Å². The molecule has 1 heterocycles. The van der Waals surface area contributed by atoms with E-state index < -0.39 is 5.97 Å². The van der Waals surface area contributed by atoms with Gasteiger partial charge in [0, 0.05) is 15.8 Å². The number of aryl methyl sites for hydroxylation is 1. The van der Waals surface area contributed by atoms with Crippen LogP contribution in [0.1, 0.15) is 29.0 Å². The Morgan fingerprint density at radius 1 is 1.53 bits per heavy atom. The highest BCUT2D eigenvalue weighted by atomic mass is 79.9. The van der Waals surface area contributed by atoms with Crippen molar-refractivity contribution in [3.8, 4) is 0 Å². The van der Waals surface area contributed by atoms with Gasteiger partial charge in [-0.3, -0.25) is 0 Å². The van der Waals surface area contributed by atoms with Gasteiger partial charge in [-0.25, -0.2) is 4.79 Å². The summed E-state index contributed by atoms with van der Waals surface area (Å²) in [6, 6.07) is 5.18. The molecule has 1 N–H and O–H groups in total. The van der Waals surface area contributed by atoms with E-state index in [0.717, 1.165) is 11.3 Å². The number of carboxylic acid groups (broad SMARTS) is 1. The van der Waals surface area contributed by atoms with Crippen molar-refractivity contribution in [2.75, 3.05) is 0 Å². The fourth-order valence-corrected chi connectivity index (χ4v) is 2.58. The predicted molar refractivity (Wildman–Crippen MR) is 74.3 cm³/mol. The number of thioether (sulfide) groups is 1. The molecule has 0 aliphatic rings. The Hall–Kier alpha value is -1.34. The number of hydrogen-bond donors (Lipinski definition) is 1. The van der Waals surface area contributed by atoms with Crippen LogP contribution in [0.15, 0.2) is 32.1 Å². The van der Waals surface area contributed by atoms with E-state index in [1.807, 2.05) is 13.0 Å². The Bertz CT molecular complexity index is 600. The second kappa shape index (κ2) is 6.21. The topological polar surface area (TPSA) is 76.2 Å². The normalized spacial score (nSPS) is 10.6. The zero-order valence-electron chi connectivity index (χ0n) is 10.1. The van der Waals surface area contributed by atoms with Crippen molar-refractivity contribution >= 4 is 33.7 Å². The van der Waals surface area contributed by atoms with E-state index in [9.17, 15) is 4.79 Å². The van der Waals surface area contributed by atoms with Gasteiger partial charge in [0.25, 0.3) is 0 Å². The molecule has 0 spiro atoms. The van der Waals surface area contributed by atoms with Crippen LogP contribution in [0.5, 0.6) is 0 Å². The maximum absolute atomic E-state index is 11.0. The SMILES string of the molecule is CCc1noc(CSc2ccc(Br)c(C(=O)O)c2)n1. The molecule has 0 saturated carbocycles. The molecule has 0 aliphatic heterocycles. The number of aromatic nitrogens is 2. The zero-order chi connectivity index (χ0) is 13.8. The van der Waals surface area contributed by atoms with Gasteiger partial charge in [0.1, 0.15) is 0 Å². The van der Waals surface area contributed by atoms with Crippen molar-refractivity contribution in [3.63, 3.8) is 0 Å². The van der Waals surface area contributed by atoms with Crippen LogP contribution in [0, 0.1) is 0 Å². The Kier molecular flexibility index (Phi) is 4.60. The molecule has 1 aromatic carbocycles. The van der Waals surface area contributed by atoms with E-state index >= 15 is 0 Å². The van der Waals surface area contributed by atoms with E-state index in [1.54, 1.807) is 12.1 Å². The number of rotatable bonds is 5. The molecule has 0 bridgehead atoms. The maximum Gasteiger partial charge on any atom is 0.336 e. The van der Waals surface area contributed by atoms with Crippen LogP contribution in [0.3, 0.4) is 0 Å². The van der Waals surface area contributed by atoms with Crippen LogP contribution in [-0.2, 0) is 12.2 Å². The fraction of sp³-hybridized carbons (Fsp3) is 0.250. The molecule has 0 atom stereocenters. The van der Waals surface area contributed by atoms with Crippen LogP contribution < -0.4 is 0 Å². The van der Waals surface area contributed by atoms with E-state index in [2.05, 4.69) is 26.1 Å². The first-order valence-electron chi connectivity index (χ1n) is 5.57. The summed E-state index contributed by atoms with van der Waals surface area (Å²) in [5.41, 5.74) is 0.241. The Morgan fingerprint density at radius 2 is 2.32 bits per heavy atom. The smallest absolute Gasteiger partial charge is 0.336 e. The highest BCUT2D eigenvalue weighted by molar-refractivity contribution is 9.10. The van der Waals surface area contributed by atoms with Crippen LogP contribution >= 0.6 is 27.7 Å². The average Bonchev–Trinajstić information content (AvgIpc) is 2.85. The molecule has 0 fully saturated rings. The lowest BCUT2D eigenvalue weighted by Gasteiger charge is -2.02. The van der Waals surface area contributed by atoms with Gasteiger partial charge < -0.3 is 9.63 Å². The first-order valence-corrected chi connectivity index (χ1v) is 7.35. The molecule has 0 amide bonds. The van der Waals surface area contributed by atoms with Gasteiger partial charge in [-0.1, -0.05) is 12.1 Å². The summed E-state index contributed by atoms with van der Waals surface area (Å²) < 4.78 is 5.64. The molecule has 2 rings (SSSR count). The molecule has 7 heteroatoms. The Balaban J connectivity index is 2.07. The maximum atomic E-state index is 11.0. The van der Waals surface area contributed by atoms with Crippen LogP contribution in [0.25, 0.3) is 0 Å². The van der Waals surface area contributed by atoms with E-state index in [0.29, 0.717) is 21.9 Å². The van der Waals surface area contributed by atoms with Gasteiger partial charge in [-0.2, -0.15) is 4.98 Å². The summed E-state index contributed by atoms with van der Waals surface area (Å²) in [5, 5.41) is 12.8. The molecule has 1 aromatic heterocycles. The monoisotopic (exact) mass is 342 g/mol. The molecular formula is C12H11BrN2O3S. The second-order valence-corrected chi connectivity index (χ2v) is 5.60. The van der Waals surface area contributed by atoms with Crippen LogP contribution in [-0.4, -0.2) is 21.2 Å². The van der Waals surface area contributed by atoms with Gasteiger partial charge in [-0.15, -0.1) is 11.8 Å². The summed E-state index contributed by atoms with van der Waals surface area (Å²) in [6.07, 6.45) is 0.732. The number of halogens is 1. The lowest BCUT2D eigenvalue weighted by Crippen LogP contribution is -1.97. The van der Waals surface area contributed by atoms with Gasteiger partial charge in [0.05, 0.1) is 11.3 Å². The molecule has 100 valence electrons. The number of hydrogen-bond acceptors (Lipinski definition) is 5. The summed E-state index contributed by atoms with van der Waals surface area (Å²) in [6.45, 7) is 1.95. The molecule has 0 radical (unpaired) electrons. The third-order valence-electron chi connectivity index (χ3n) is 2.36. The summed E-state index contributed by atoms with van der Waals surface area (Å²) in [5.74, 6) is 0.785. The van der Waals surface area contributed by atoms with Crippen molar-refractivity contribution in [2.45, 2.75) is 24.0 Å².